The van der Waals surface area contributed by atoms with Gasteiger partial charge >= 0.3 is 0 Å². The molecular weight excluding hydrogens is 300 g/mol. The van der Waals surface area contributed by atoms with Crippen molar-refractivity contribution in [1.29, 1.82) is 0 Å². The number of rotatable bonds is 6. The van der Waals surface area contributed by atoms with E-state index < -0.39 is 0 Å². The summed E-state index contributed by atoms with van der Waals surface area (Å²) in [5, 5.41) is 7.35. The molecule has 1 saturated heterocycles. The number of nitrogens with zero attached hydrogens (tertiary/aromatic N) is 3. The van der Waals surface area contributed by atoms with Crippen LogP contribution >= 0.6 is 12.4 Å². The van der Waals surface area contributed by atoms with E-state index in [1.807, 2.05) is 25.2 Å². The molecule has 22 heavy (non-hydrogen) atoms. The Balaban J connectivity index is 0.00000176. The van der Waals surface area contributed by atoms with Gasteiger partial charge in [-0.2, -0.15) is 4.98 Å². The van der Waals surface area contributed by atoms with Crippen molar-refractivity contribution in [2.24, 2.45) is 0 Å². The number of benzene rings is 1. The molecule has 1 unspecified atom stereocenters. The molecule has 1 aromatic carbocycles. The van der Waals surface area contributed by atoms with E-state index in [0.717, 1.165) is 37.8 Å². The molecule has 1 aromatic heterocycles. The molecular formula is C16H23ClN4O. The third kappa shape index (κ3) is 4.29. The van der Waals surface area contributed by atoms with Crippen LogP contribution in [0.25, 0.3) is 0 Å². The van der Waals surface area contributed by atoms with E-state index in [2.05, 4.69) is 32.5 Å². The van der Waals surface area contributed by atoms with Crippen LogP contribution in [0.5, 0.6) is 0 Å². The topological polar surface area (TPSA) is 54.2 Å². The second-order valence-corrected chi connectivity index (χ2v) is 5.59. The van der Waals surface area contributed by atoms with Gasteiger partial charge in [0, 0.05) is 19.0 Å². The van der Waals surface area contributed by atoms with E-state index in [-0.39, 0.29) is 12.4 Å². The minimum Gasteiger partial charge on any atom is -0.338 e. The Bertz CT molecular complexity index is 560. The molecule has 0 saturated carbocycles. The Kier molecular flexibility index (Phi) is 6.36. The summed E-state index contributed by atoms with van der Waals surface area (Å²) >= 11 is 0. The standard InChI is InChI=1S/C16H22N4O.ClH/c1-17-11-14-8-5-9-20(14)12-16-18-15(19-21-16)10-13-6-3-2-4-7-13;/h2-4,6-7,14,17H,5,8-12H2,1H3;1H. The Morgan fingerprint density at radius 1 is 1.32 bits per heavy atom. The third-order valence-electron chi connectivity index (χ3n) is 3.99. The Labute approximate surface area is 137 Å². The molecule has 0 amide bonds. The predicted molar refractivity (Wildman–Crippen MR) is 88.2 cm³/mol. The summed E-state index contributed by atoms with van der Waals surface area (Å²) in [6.45, 7) is 2.89. The molecule has 6 heteroatoms. The van der Waals surface area contributed by atoms with E-state index in [0.29, 0.717) is 6.04 Å². The van der Waals surface area contributed by atoms with Gasteiger partial charge in [-0.1, -0.05) is 35.5 Å². The van der Waals surface area contributed by atoms with Gasteiger partial charge in [-0.25, -0.2) is 0 Å². The Hall–Kier alpha value is -1.43. The number of halogens is 1. The van der Waals surface area contributed by atoms with Crippen LogP contribution in [0.2, 0.25) is 0 Å². The molecule has 120 valence electrons. The summed E-state index contributed by atoms with van der Waals surface area (Å²) in [5.74, 6) is 1.49. The normalized spacial score (nSPS) is 18.3. The van der Waals surface area contributed by atoms with Crippen LogP contribution in [0.3, 0.4) is 0 Å². The zero-order valence-corrected chi connectivity index (χ0v) is 13.7. The third-order valence-corrected chi connectivity index (χ3v) is 3.99. The number of aromatic nitrogens is 2. The molecule has 2 aromatic rings. The minimum atomic E-state index is 0. The number of hydrogen-bond acceptors (Lipinski definition) is 5. The lowest BCUT2D eigenvalue weighted by Crippen LogP contribution is -2.36. The molecule has 1 aliphatic heterocycles. The van der Waals surface area contributed by atoms with Crippen molar-refractivity contribution < 1.29 is 4.52 Å². The zero-order valence-electron chi connectivity index (χ0n) is 12.9. The average Bonchev–Trinajstić information content (AvgIpc) is 3.11. The minimum absolute atomic E-state index is 0. The van der Waals surface area contributed by atoms with Gasteiger partial charge in [0.2, 0.25) is 5.89 Å². The first-order valence-electron chi connectivity index (χ1n) is 7.59. The fraction of sp³-hybridized carbons (Fsp3) is 0.500. The molecule has 5 nitrogen and oxygen atoms in total. The van der Waals surface area contributed by atoms with Gasteiger partial charge in [0.1, 0.15) is 0 Å². The molecule has 0 radical (unpaired) electrons. The summed E-state index contributed by atoms with van der Waals surface area (Å²) < 4.78 is 5.40. The highest BCUT2D eigenvalue weighted by atomic mass is 35.5. The number of hydrogen-bond donors (Lipinski definition) is 1. The van der Waals surface area contributed by atoms with Crippen LogP contribution in [-0.4, -0.2) is 41.2 Å². The number of likely N-dealkylation sites (N-methyl/N-ethyl adjacent to an activating group) is 1. The Morgan fingerprint density at radius 3 is 2.91 bits per heavy atom. The van der Waals surface area contributed by atoms with Crippen LogP contribution in [0.15, 0.2) is 34.9 Å². The lowest BCUT2D eigenvalue weighted by atomic mass is 10.1. The summed E-state index contributed by atoms with van der Waals surface area (Å²) in [7, 11) is 2.00. The van der Waals surface area contributed by atoms with Gasteiger partial charge in [-0.3, -0.25) is 4.90 Å². The highest BCUT2D eigenvalue weighted by Gasteiger charge is 2.25. The van der Waals surface area contributed by atoms with Gasteiger partial charge < -0.3 is 9.84 Å². The monoisotopic (exact) mass is 322 g/mol. The molecule has 1 aliphatic rings. The van der Waals surface area contributed by atoms with E-state index in [9.17, 15) is 0 Å². The summed E-state index contributed by atoms with van der Waals surface area (Å²) in [5.41, 5.74) is 1.21. The average molecular weight is 323 g/mol. The lowest BCUT2D eigenvalue weighted by molar-refractivity contribution is 0.209. The largest absolute Gasteiger partial charge is 0.338 e. The fourth-order valence-electron chi connectivity index (χ4n) is 2.95. The summed E-state index contributed by atoms with van der Waals surface area (Å²) in [6, 6.07) is 10.8. The van der Waals surface area contributed by atoms with Gasteiger partial charge in [0.15, 0.2) is 5.82 Å². The van der Waals surface area contributed by atoms with Gasteiger partial charge in [-0.15, -0.1) is 12.4 Å². The fourth-order valence-corrected chi connectivity index (χ4v) is 2.95. The maximum absolute atomic E-state index is 5.40. The van der Waals surface area contributed by atoms with Gasteiger partial charge in [0.05, 0.1) is 6.54 Å². The molecule has 0 spiro atoms. The maximum Gasteiger partial charge on any atom is 0.240 e. The zero-order chi connectivity index (χ0) is 14.5. The smallest absolute Gasteiger partial charge is 0.240 e. The SMILES string of the molecule is CNCC1CCCN1Cc1nc(Cc2ccccc2)no1.Cl. The van der Waals surface area contributed by atoms with Crippen molar-refractivity contribution in [2.75, 3.05) is 20.1 Å². The molecule has 3 rings (SSSR count). The lowest BCUT2D eigenvalue weighted by Gasteiger charge is -2.22. The first-order valence-corrected chi connectivity index (χ1v) is 7.59. The van der Waals surface area contributed by atoms with Crippen molar-refractivity contribution in [3.8, 4) is 0 Å². The van der Waals surface area contributed by atoms with Crippen molar-refractivity contribution in [1.82, 2.24) is 20.4 Å². The van der Waals surface area contributed by atoms with Crippen molar-refractivity contribution in [2.45, 2.75) is 31.8 Å². The molecule has 0 bridgehead atoms. The van der Waals surface area contributed by atoms with E-state index in [4.69, 9.17) is 4.52 Å². The van der Waals surface area contributed by atoms with Gasteiger partial charge in [-0.05, 0) is 32.0 Å². The predicted octanol–water partition coefficient (Wildman–Crippen LogP) is 2.27. The summed E-state index contributed by atoms with van der Waals surface area (Å²) in [6.07, 6.45) is 3.22. The van der Waals surface area contributed by atoms with Crippen LogP contribution < -0.4 is 5.32 Å². The van der Waals surface area contributed by atoms with Crippen LogP contribution in [0, 0.1) is 0 Å². The second-order valence-electron chi connectivity index (χ2n) is 5.59. The highest BCUT2D eigenvalue weighted by Crippen LogP contribution is 2.19. The van der Waals surface area contributed by atoms with Crippen molar-refractivity contribution in [3.63, 3.8) is 0 Å². The first-order chi connectivity index (χ1) is 10.3. The van der Waals surface area contributed by atoms with Crippen molar-refractivity contribution >= 4 is 12.4 Å². The maximum atomic E-state index is 5.40. The second kappa shape index (κ2) is 8.27. The molecule has 1 N–H and O–H groups in total. The van der Waals surface area contributed by atoms with E-state index >= 15 is 0 Å². The first kappa shape index (κ1) is 16.9. The van der Waals surface area contributed by atoms with Crippen molar-refractivity contribution in [3.05, 3.63) is 47.6 Å². The van der Waals surface area contributed by atoms with Crippen LogP contribution in [0.4, 0.5) is 0 Å². The molecule has 2 heterocycles. The molecule has 0 aliphatic carbocycles. The quantitative estimate of drug-likeness (QED) is 0.884. The van der Waals surface area contributed by atoms with Gasteiger partial charge in [0.25, 0.3) is 0 Å². The summed E-state index contributed by atoms with van der Waals surface area (Å²) in [4.78, 5) is 6.95. The number of nitrogens with one attached hydrogen (secondary N) is 1. The Morgan fingerprint density at radius 2 is 2.14 bits per heavy atom. The van der Waals surface area contributed by atoms with E-state index in [1.165, 1.54) is 18.4 Å². The molecule has 1 atom stereocenters. The highest BCUT2D eigenvalue weighted by molar-refractivity contribution is 5.85. The van der Waals surface area contributed by atoms with Crippen LogP contribution in [-0.2, 0) is 13.0 Å². The molecule has 1 fully saturated rings. The van der Waals surface area contributed by atoms with E-state index in [1.54, 1.807) is 0 Å². The number of likely N-dealkylation sites (tertiary alicyclic amines) is 1. The van der Waals surface area contributed by atoms with Crippen LogP contribution in [0.1, 0.15) is 30.1 Å².